The van der Waals surface area contributed by atoms with E-state index < -0.39 is 0 Å². The maximum atomic E-state index is 11.8. The van der Waals surface area contributed by atoms with Crippen molar-refractivity contribution < 1.29 is 9.59 Å². The minimum Gasteiger partial charge on any atom is -0.369 e. The third-order valence-electron chi connectivity index (χ3n) is 2.19. The maximum absolute atomic E-state index is 11.8. The molecule has 0 heterocycles. The van der Waals surface area contributed by atoms with E-state index in [1.165, 1.54) is 0 Å². The first-order valence-corrected chi connectivity index (χ1v) is 5.60. The van der Waals surface area contributed by atoms with Crippen molar-refractivity contribution >= 4 is 11.8 Å². The molecule has 0 unspecified atom stereocenters. The Bertz CT molecular complexity index is 270. The average molecular weight is 226 g/mol. The number of hydrogen-bond donors (Lipinski definition) is 1. The van der Waals surface area contributed by atoms with Gasteiger partial charge in [-0.2, -0.15) is 0 Å². The van der Waals surface area contributed by atoms with E-state index >= 15 is 0 Å². The summed E-state index contributed by atoms with van der Waals surface area (Å²) in [6.45, 7) is 8.24. The fourth-order valence-corrected chi connectivity index (χ4v) is 1.27. The van der Waals surface area contributed by atoms with E-state index in [-0.39, 0.29) is 30.2 Å². The molecule has 0 rings (SSSR count). The Balaban J connectivity index is 4.30. The molecule has 0 atom stereocenters. The number of nitrogens with zero attached hydrogens (tertiary/aromatic N) is 1. The Morgan fingerprint density at radius 1 is 1.19 bits per heavy atom. The molecular weight excluding hydrogens is 204 g/mol. The molecule has 0 bridgehead atoms. The van der Waals surface area contributed by atoms with Crippen LogP contribution in [0.3, 0.4) is 0 Å². The van der Waals surface area contributed by atoms with Crippen LogP contribution in [0, 0.1) is 5.92 Å². The van der Waals surface area contributed by atoms with Gasteiger partial charge in [0.05, 0.1) is 0 Å². The van der Waals surface area contributed by atoms with Crippen molar-refractivity contribution in [3.63, 3.8) is 0 Å². The number of carbonyl (C=O) groups excluding carboxylic acids is 2. The predicted molar refractivity (Wildman–Crippen MR) is 64.6 cm³/mol. The summed E-state index contributed by atoms with van der Waals surface area (Å²) in [5, 5.41) is 0. The van der Waals surface area contributed by atoms with Crippen LogP contribution in [0.25, 0.3) is 0 Å². The average Bonchev–Trinajstić information content (AvgIpc) is 2.15. The lowest BCUT2D eigenvalue weighted by Gasteiger charge is -2.27. The highest BCUT2D eigenvalue weighted by molar-refractivity contribution is 5.78. The summed E-state index contributed by atoms with van der Waals surface area (Å²) in [6, 6.07) is 0.160. The van der Waals surface area contributed by atoms with Crippen molar-refractivity contribution in [2.45, 2.75) is 40.2 Å². The van der Waals surface area contributed by atoms with Gasteiger partial charge in [-0.25, -0.2) is 0 Å². The van der Waals surface area contributed by atoms with E-state index in [1.54, 1.807) is 11.0 Å². The van der Waals surface area contributed by atoms with Crippen LogP contribution < -0.4 is 5.73 Å². The normalized spacial score (nSPS) is 11.4. The fraction of sp³-hybridized carbons (Fsp3) is 0.667. The SMILES string of the molecule is CC(C)C(=O)N(C/C=C/CC(N)=O)C(C)C. The van der Waals surface area contributed by atoms with Gasteiger partial charge in [0, 0.05) is 24.9 Å². The van der Waals surface area contributed by atoms with Crippen molar-refractivity contribution in [2.75, 3.05) is 6.54 Å². The first kappa shape index (κ1) is 14.7. The summed E-state index contributed by atoms with van der Waals surface area (Å²) in [4.78, 5) is 24.1. The standard InChI is InChI=1S/C12H22N2O2/c1-9(2)12(16)14(10(3)4)8-6-5-7-11(13)15/h5-6,9-10H,7-8H2,1-4H3,(H2,13,15)/b6-5+. The molecule has 4 heteroatoms. The van der Waals surface area contributed by atoms with Crippen LogP contribution in [0.2, 0.25) is 0 Å². The molecule has 2 amide bonds. The van der Waals surface area contributed by atoms with E-state index in [0.717, 1.165) is 0 Å². The zero-order valence-electron chi connectivity index (χ0n) is 10.6. The summed E-state index contributed by atoms with van der Waals surface area (Å²) in [7, 11) is 0. The van der Waals surface area contributed by atoms with Gasteiger partial charge in [-0.05, 0) is 13.8 Å². The van der Waals surface area contributed by atoms with Gasteiger partial charge in [-0.3, -0.25) is 9.59 Å². The fourth-order valence-electron chi connectivity index (χ4n) is 1.27. The Labute approximate surface area is 97.5 Å². The number of amides is 2. The number of carbonyl (C=O) groups is 2. The smallest absolute Gasteiger partial charge is 0.225 e. The second-order valence-electron chi connectivity index (χ2n) is 4.38. The van der Waals surface area contributed by atoms with Crippen molar-refractivity contribution in [3.8, 4) is 0 Å². The zero-order valence-corrected chi connectivity index (χ0v) is 10.6. The van der Waals surface area contributed by atoms with Gasteiger partial charge in [-0.1, -0.05) is 26.0 Å². The van der Waals surface area contributed by atoms with E-state index in [4.69, 9.17) is 5.73 Å². The lowest BCUT2D eigenvalue weighted by atomic mass is 10.1. The molecule has 0 aromatic heterocycles. The Hall–Kier alpha value is -1.32. The summed E-state index contributed by atoms with van der Waals surface area (Å²) in [5.74, 6) is -0.242. The highest BCUT2D eigenvalue weighted by Gasteiger charge is 2.18. The first-order chi connectivity index (χ1) is 7.36. The van der Waals surface area contributed by atoms with Crippen molar-refractivity contribution in [1.82, 2.24) is 4.90 Å². The second-order valence-corrected chi connectivity index (χ2v) is 4.38. The molecule has 0 saturated heterocycles. The molecule has 0 spiro atoms. The molecule has 0 fully saturated rings. The van der Waals surface area contributed by atoms with E-state index in [0.29, 0.717) is 6.54 Å². The molecule has 0 aromatic rings. The Morgan fingerprint density at radius 2 is 1.75 bits per heavy atom. The summed E-state index contributed by atoms with van der Waals surface area (Å²) < 4.78 is 0. The topological polar surface area (TPSA) is 63.4 Å². The number of primary amides is 1. The highest BCUT2D eigenvalue weighted by Crippen LogP contribution is 2.06. The Kier molecular flexibility index (Phi) is 6.46. The maximum Gasteiger partial charge on any atom is 0.225 e. The minimum absolute atomic E-state index is 0.00746. The van der Waals surface area contributed by atoms with Crippen LogP contribution in [0.15, 0.2) is 12.2 Å². The molecule has 4 nitrogen and oxygen atoms in total. The van der Waals surface area contributed by atoms with E-state index in [9.17, 15) is 9.59 Å². The van der Waals surface area contributed by atoms with Crippen LogP contribution in [0.4, 0.5) is 0 Å². The molecule has 0 radical (unpaired) electrons. The third kappa shape index (κ3) is 5.53. The minimum atomic E-state index is -0.359. The van der Waals surface area contributed by atoms with Gasteiger partial charge in [0.25, 0.3) is 0 Å². The van der Waals surface area contributed by atoms with Crippen LogP contribution in [0.5, 0.6) is 0 Å². The molecule has 0 aliphatic rings. The number of rotatable bonds is 6. The van der Waals surface area contributed by atoms with Crippen molar-refractivity contribution in [2.24, 2.45) is 11.7 Å². The van der Waals surface area contributed by atoms with Crippen LogP contribution in [0.1, 0.15) is 34.1 Å². The molecular formula is C12H22N2O2. The molecule has 0 saturated carbocycles. The quantitative estimate of drug-likeness (QED) is 0.694. The molecule has 2 N–H and O–H groups in total. The predicted octanol–water partition coefficient (Wildman–Crippen LogP) is 1.31. The van der Waals surface area contributed by atoms with Crippen LogP contribution in [-0.2, 0) is 9.59 Å². The van der Waals surface area contributed by atoms with Crippen molar-refractivity contribution in [1.29, 1.82) is 0 Å². The third-order valence-corrected chi connectivity index (χ3v) is 2.19. The van der Waals surface area contributed by atoms with E-state index in [1.807, 2.05) is 33.8 Å². The number of hydrogen-bond acceptors (Lipinski definition) is 2. The van der Waals surface area contributed by atoms with Crippen LogP contribution in [-0.4, -0.2) is 29.3 Å². The Morgan fingerprint density at radius 3 is 2.12 bits per heavy atom. The van der Waals surface area contributed by atoms with Gasteiger partial charge >= 0.3 is 0 Å². The summed E-state index contributed by atoms with van der Waals surface area (Å²) in [6.07, 6.45) is 3.73. The van der Waals surface area contributed by atoms with Gasteiger partial charge < -0.3 is 10.6 Å². The van der Waals surface area contributed by atoms with E-state index in [2.05, 4.69) is 0 Å². The molecule has 0 aromatic carbocycles. The van der Waals surface area contributed by atoms with Gasteiger partial charge in [0.2, 0.25) is 11.8 Å². The summed E-state index contributed by atoms with van der Waals surface area (Å²) in [5.41, 5.74) is 5.01. The van der Waals surface area contributed by atoms with Gasteiger partial charge in [0.1, 0.15) is 0 Å². The first-order valence-electron chi connectivity index (χ1n) is 5.60. The number of nitrogens with two attached hydrogens (primary N) is 1. The molecule has 0 aliphatic heterocycles. The van der Waals surface area contributed by atoms with Crippen molar-refractivity contribution in [3.05, 3.63) is 12.2 Å². The highest BCUT2D eigenvalue weighted by atomic mass is 16.2. The zero-order chi connectivity index (χ0) is 12.7. The molecule has 0 aliphatic carbocycles. The largest absolute Gasteiger partial charge is 0.369 e. The summed E-state index contributed by atoms with van der Waals surface area (Å²) >= 11 is 0. The van der Waals surface area contributed by atoms with Gasteiger partial charge in [-0.15, -0.1) is 0 Å². The molecule has 92 valence electrons. The second kappa shape index (κ2) is 7.04. The van der Waals surface area contributed by atoms with Gasteiger partial charge in [0.15, 0.2) is 0 Å². The molecule has 16 heavy (non-hydrogen) atoms. The lowest BCUT2D eigenvalue weighted by molar-refractivity contribution is -0.135. The monoisotopic (exact) mass is 226 g/mol. The lowest BCUT2D eigenvalue weighted by Crippen LogP contribution is -2.39. The van der Waals surface area contributed by atoms with Crippen LogP contribution >= 0.6 is 0 Å².